The second-order valence-corrected chi connectivity index (χ2v) is 5.08. The minimum atomic E-state index is -0.549. The molecule has 2 aromatic rings. The monoisotopic (exact) mass is 346 g/mol. The van der Waals surface area contributed by atoms with E-state index < -0.39 is 4.92 Å². The first kappa shape index (κ1) is 18.1. The van der Waals surface area contributed by atoms with Gasteiger partial charge in [-0.25, -0.2) is 0 Å². The number of nitro benzene ring substituents is 1. The van der Waals surface area contributed by atoms with E-state index in [-0.39, 0.29) is 22.7 Å². The second kappa shape index (κ2) is 7.52. The highest BCUT2D eigenvalue weighted by Crippen LogP contribution is 2.41. The highest BCUT2D eigenvalue weighted by Gasteiger charge is 2.18. The van der Waals surface area contributed by atoms with E-state index in [4.69, 9.17) is 14.2 Å². The van der Waals surface area contributed by atoms with Crippen molar-refractivity contribution in [3.63, 3.8) is 0 Å². The third-order valence-corrected chi connectivity index (χ3v) is 3.54. The molecule has 0 bridgehead atoms. The van der Waals surface area contributed by atoms with Gasteiger partial charge in [0.25, 0.3) is 5.69 Å². The molecule has 2 aromatic carbocycles. The average Bonchev–Trinajstić information content (AvgIpc) is 2.60. The van der Waals surface area contributed by atoms with Crippen LogP contribution in [-0.4, -0.2) is 32.0 Å². The zero-order valence-corrected chi connectivity index (χ0v) is 14.3. The van der Waals surface area contributed by atoms with E-state index in [0.29, 0.717) is 22.9 Å². The third kappa shape index (κ3) is 3.79. The van der Waals surface area contributed by atoms with E-state index in [1.807, 2.05) is 0 Å². The van der Waals surface area contributed by atoms with Gasteiger partial charge in [-0.1, -0.05) is 0 Å². The minimum absolute atomic E-state index is 0.207. The standard InChI is InChI=1S/C17H18N2O6/c1-10(20)11-5-6-13(14(7-11)19(21)22)18-12-8-15(23-2)17(25-4)16(9-12)24-3/h5-9,18H,1-4H3. The molecule has 0 aromatic heterocycles. The number of carbonyl (C=O) groups is 1. The molecule has 0 saturated heterocycles. The van der Waals surface area contributed by atoms with Crippen LogP contribution in [-0.2, 0) is 0 Å². The fraction of sp³-hybridized carbons (Fsp3) is 0.235. The number of rotatable bonds is 7. The van der Waals surface area contributed by atoms with Gasteiger partial charge in [0, 0.05) is 29.4 Å². The Labute approximate surface area is 144 Å². The molecule has 0 fully saturated rings. The van der Waals surface area contributed by atoms with Crippen molar-refractivity contribution in [1.82, 2.24) is 0 Å². The van der Waals surface area contributed by atoms with Crippen molar-refractivity contribution >= 4 is 22.8 Å². The average molecular weight is 346 g/mol. The van der Waals surface area contributed by atoms with Crippen LogP contribution in [0.4, 0.5) is 17.1 Å². The van der Waals surface area contributed by atoms with Crippen LogP contribution in [0.5, 0.6) is 17.2 Å². The molecule has 0 heterocycles. The number of hydrogen-bond acceptors (Lipinski definition) is 7. The lowest BCUT2D eigenvalue weighted by Gasteiger charge is -2.15. The highest BCUT2D eigenvalue weighted by atomic mass is 16.6. The van der Waals surface area contributed by atoms with Crippen molar-refractivity contribution in [1.29, 1.82) is 0 Å². The Morgan fingerprint density at radius 3 is 2.08 bits per heavy atom. The number of anilines is 2. The zero-order chi connectivity index (χ0) is 18.6. The number of hydrogen-bond donors (Lipinski definition) is 1. The first-order valence-electron chi connectivity index (χ1n) is 7.27. The molecule has 0 amide bonds. The summed E-state index contributed by atoms with van der Waals surface area (Å²) in [7, 11) is 4.44. The fourth-order valence-electron chi connectivity index (χ4n) is 2.32. The first-order valence-corrected chi connectivity index (χ1v) is 7.27. The van der Waals surface area contributed by atoms with Crippen LogP contribution in [0.1, 0.15) is 17.3 Å². The molecule has 0 radical (unpaired) electrons. The Morgan fingerprint density at radius 1 is 1.04 bits per heavy atom. The Kier molecular flexibility index (Phi) is 5.43. The van der Waals surface area contributed by atoms with Crippen LogP contribution in [0.25, 0.3) is 0 Å². The number of Topliss-reactive ketones (excluding diaryl/α,β-unsaturated/α-hetero) is 1. The molecule has 25 heavy (non-hydrogen) atoms. The molecule has 0 atom stereocenters. The molecule has 8 nitrogen and oxygen atoms in total. The summed E-state index contributed by atoms with van der Waals surface area (Å²) >= 11 is 0. The Bertz CT molecular complexity index is 794. The van der Waals surface area contributed by atoms with Gasteiger partial charge in [0.2, 0.25) is 5.75 Å². The third-order valence-electron chi connectivity index (χ3n) is 3.54. The number of carbonyl (C=O) groups excluding carboxylic acids is 1. The topological polar surface area (TPSA) is 99.9 Å². The van der Waals surface area contributed by atoms with Crippen molar-refractivity contribution in [3.05, 3.63) is 46.0 Å². The second-order valence-electron chi connectivity index (χ2n) is 5.08. The molecule has 0 aliphatic rings. The van der Waals surface area contributed by atoms with Gasteiger partial charge in [-0.05, 0) is 19.1 Å². The molecule has 0 spiro atoms. The lowest BCUT2D eigenvalue weighted by Crippen LogP contribution is -2.01. The molecular formula is C17H18N2O6. The van der Waals surface area contributed by atoms with Crippen molar-refractivity contribution in [3.8, 4) is 17.2 Å². The van der Waals surface area contributed by atoms with Gasteiger partial charge < -0.3 is 19.5 Å². The summed E-state index contributed by atoms with van der Waals surface area (Å²) < 4.78 is 15.8. The number of ether oxygens (including phenoxy) is 3. The lowest BCUT2D eigenvalue weighted by atomic mass is 10.1. The molecule has 8 heteroatoms. The van der Waals surface area contributed by atoms with E-state index in [1.54, 1.807) is 12.1 Å². The fourth-order valence-corrected chi connectivity index (χ4v) is 2.32. The summed E-state index contributed by atoms with van der Waals surface area (Å²) in [6.07, 6.45) is 0. The molecule has 0 unspecified atom stereocenters. The number of ketones is 1. The maximum absolute atomic E-state index is 11.4. The van der Waals surface area contributed by atoms with Gasteiger partial charge in [-0.3, -0.25) is 14.9 Å². The maximum Gasteiger partial charge on any atom is 0.293 e. The number of methoxy groups -OCH3 is 3. The SMILES string of the molecule is COc1cc(Nc2ccc(C(C)=O)cc2[N+](=O)[O-])cc(OC)c1OC. The van der Waals surface area contributed by atoms with Crippen molar-refractivity contribution < 1.29 is 23.9 Å². The van der Waals surface area contributed by atoms with Crippen LogP contribution in [0.2, 0.25) is 0 Å². The smallest absolute Gasteiger partial charge is 0.293 e. The van der Waals surface area contributed by atoms with Crippen LogP contribution in [0.3, 0.4) is 0 Å². The summed E-state index contributed by atoms with van der Waals surface area (Å²) in [5.74, 6) is 0.985. The van der Waals surface area contributed by atoms with Crippen LogP contribution >= 0.6 is 0 Å². The van der Waals surface area contributed by atoms with Gasteiger partial charge in [0.1, 0.15) is 5.69 Å². The summed E-state index contributed by atoms with van der Waals surface area (Å²) in [4.78, 5) is 22.2. The van der Waals surface area contributed by atoms with E-state index >= 15 is 0 Å². The summed E-state index contributed by atoms with van der Waals surface area (Å²) in [6, 6.07) is 7.50. The van der Waals surface area contributed by atoms with Gasteiger partial charge in [-0.15, -0.1) is 0 Å². The zero-order valence-electron chi connectivity index (χ0n) is 14.3. The van der Waals surface area contributed by atoms with Gasteiger partial charge in [0.05, 0.1) is 26.3 Å². The highest BCUT2D eigenvalue weighted by molar-refractivity contribution is 5.95. The molecule has 0 aliphatic carbocycles. The largest absolute Gasteiger partial charge is 0.493 e. The van der Waals surface area contributed by atoms with Crippen LogP contribution in [0, 0.1) is 10.1 Å². The Hall–Kier alpha value is -3.29. The molecular weight excluding hydrogens is 328 g/mol. The molecule has 132 valence electrons. The first-order chi connectivity index (χ1) is 11.9. The van der Waals surface area contributed by atoms with Gasteiger partial charge >= 0.3 is 0 Å². The Morgan fingerprint density at radius 2 is 1.64 bits per heavy atom. The minimum Gasteiger partial charge on any atom is -0.493 e. The van der Waals surface area contributed by atoms with E-state index in [9.17, 15) is 14.9 Å². The predicted octanol–water partition coefficient (Wildman–Crippen LogP) is 3.57. The molecule has 1 N–H and O–H groups in total. The van der Waals surface area contributed by atoms with E-state index in [1.165, 1.54) is 46.5 Å². The summed E-state index contributed by atoms with van der Waals surface area (Å²) in [6.45, 7) is 1.35. The molecule has 0 aliphatic heterocycles. The van der Waals surface area contributed by atoms with Crippen molar-refractivity contribution in [2.24, 2.45) is 0 Å². The maximum atomic E-state index is 11.4. The number of benzene rings is 2. The number of nitro groups is 1. The predicted molar refractivity (Wildman–Crippen MR) is 92.5 cm³/mol. The van der Waals surface area contributed by atoms with E-state index in [0.717, 1.165) is 0 Å². The quantitative estimate of drug-likeness (QED) is 0.465. The number of nitrogens with one attached hydrogen (secondary N) is 1. The van der Waals surface area contributed by atoms with Crippen molar-refractivity contribution in [2.45, 2.75) is 6.92 Å². The summed E-state index contributed by atoms with van der Waals surface area (Å²) in [5, 5.41) is 14.3. The van der Waals surface area contributed by atoms with Crippen LogP contribution in [0.15, 0.2) is 30.3 Å². The van der Waals surface area contributed by atoms with Gasteiger partial charge in [-0.2, -0.15) is 0 Å². The van der Waals surface area contributed by atoms with Crippen molar-refractivity contribution in [2.75, 3.05) is 26.6 Å². The molecule has 2 rings (SSSR count). The van der Waals surface area contributed by atoms with Gasteiger partial charge in [0.15, 0.2) is 17.3 Å². The summed E-state index contributed by atoms with van der Waals surface area (Å²) in [5.41, 5.74) is 0.807. The van der Waals surface area contributed by atoms with Crippen LogP contribution < -0.4 is 19.5 Å². The molecule has 0 saturated carbocycles. The number of nitrogens with zero attached hydrogens (tertiary/aromatic N) is 1. The lowest BCUT2D eigenvalue weighted by molar-refractivity contribution is -0.383. The normalized spacial score (nSPS) is 10.1. The van der Waals surface area contributed by atoms with E-state index in [2.05, 4.69) is 5.32 Å². The Balaban J connectivity index is 2.49.